The molecule has 6 saturated heterocycles. The van der Waals surface area contributed by atoms with Crippen LogP contribution in [0.5, 0.6) is 11.8 Å². The van der Waals surface area contributed by atoms with Crippen molar-refractivity contribution in [3.05, 3.63) is 77.2 Å². The summed E-state index contributed by atoms with van der Waals surface area (Å²) >= 11 is 0. The first kappa shape index (κ1) is 46.7. The number of benzene rings is 3. The number of phenolic OH excluding ortho intramolecular Hbond substituents is 1. The van der Waals surface area contributed by atoms with Crippen molar-refractivity contribution in [2.75, 3.05) is 81.9 Å². The molecule has 1 saturated carbocycles. The third-order valence-electron chi connectivity index (χ3n) is 17.9. The van der Waals surface area contributed by atoms with E-state index in [-0.39, 0.29) is 52.0 Å². The van der Waals surface area contributed by atoms with Crippen LogP contribution in [0.1, 0.15) is 92.6 Å². The maximum atomic E-state index is 17.2. The quantitative estimate of drug-likeness (QED) is 0.116. The fraction of sp³-hybridized carbons (Fsp3) is 0.536. The molecule has 3 aromatic carbocycles. The van der Waals surface area contributed by atoms with Crippen molar-refractivity contribution in [3.8, 4) is 23.0 Å². The second-order valence-corrected chi connectivity index (χ2v) is 23.0. The Morgan fingerprint density at radius 2 is 1.63 bits per heavy atom. The molecular formula is C56H64F2N10O5. The predicted molar refractivity (Wildman–Crippen MR) is 273 cm³/mol. The van der Waals surface area contributed by atoms with E-state index in [9.17, 15) is 19.5 Å². The normalized spacial score (nSPS) is 25.4. The van der Waals surface area contributed by atoms with Gasteiger partial charge >= 0.3 is 6.01 Å². The Kier molecular flexibility index (Phi) is 11.4. The maximum absolute atomic E-state index is 17.2. The van der Waals surface area contributed by atoms with E-state index in [0.29, 0.717) is 86.5 Å². The summed E-state index contributed by atoms with van der Waals surface area (Å²) in [6.07, 6.45) is 10.2. The molecule has 382 valence electrons. The Bertz CT molecular complexity index is 3040. The molecule has 73 heavy (non-hydrogen) atoms. The lowest BCUT2D eigenvalue weighted by atomic mass is 9.71. The zero-order valence-electron chi connectivity index (χ0n) is 41.6. The van der Waals surface area contributed by atoms with Crippen LogP contribution in [0.25, 0.3) is 32.9 Å². The summed E-state index contributed by atoms with van der Waals surface area (Å²) in [6.45, 7) is 10.6. The molecule has 1 spiro atoms. The molecule has 0 radical (unpaired) electrons. The summed E-state index contributed by atoms with van der Waals surface area (Å²) in [4.78, 5) is 62.9. The molecule has 17 heteroatoms. The highest BCUT2D eigenvalue weighted by Gasteiger charge is 2.50. The Morgan fingerprint density at radius 3 is 2.37 bits per heavy atom. The van der Waals surface area contributed by atoms with Gasteiger partial charge in [-0.15, -0.1) is 0 Å². The number of aromatic hydroxyl groups is 1. The van der Waals surface area contributed by atoms with Crippen molar-refractivity contribution in [1.82, 2.24) is 40.3 Å². The summed E-state index contributed by atoms with van der Waals surface area (Å²) in [6, 6.07) is 15.4. The zero-order valence-corrected chi connectivity index (χ0v) is 41.6. The highest BCUT2D eigenvalue weighted by molar-refractivity contribution is 6.06. The number of piperazine rings is 1. The number of nitrogens with one attached hydrogen (secondary N) is 2. The number of hydrogen-bond acceptors (Lipinski definition) is 13. The summed E-state index contributed by atoms with van der Waals surface area (Å²) in [5.41, 5.74) is 3.34. The monoisotopic (exact) mass is 995 g/mol. The van der Waals surface area contributed by atoms with Crippen LogP contribution in [0.15, 0.2) is 54.7 Å². The average Bonchev–Trinajstić information content (AvgIpc) is 3.96. The number of amides is 3. The Morgan fingerprint density at radius 1 is 0.849 bits per heavy atom. The van der Waals surface area contributed by atoms with Gasteiger partial charge in [-0.05, 0) is 122 Å². The van der Waals surface area contributed by atoms with E-state index in [1.807, 2.05) is 30.3 Å². The second-order valence-electron chi connectivity index (χ2n) is 23.0. The van der Waals surface area contributed by atoms with Gasteiger partial charge in [0.1, 0.15) is 34.5 Å². The maximum Gasteiger partial charge on any atom is 0.319 e. The molecule has 3 N–H and O–H groups in total. The van der Waals surface area contributed by atoms with Gasteiger partial charge in [-0.2, -0.15) is 9.97 Å². The lowest BCUT2D eigenvalue weighted by Gasteiger charge is -2.56. The fourth-order valence-electron chi connectivity index (χ4n) is 13.7. The van der Waals surface area contributed by atoms with Crippen LogP contribution in [-0.4, -0.2) is 148 Å². The molecule has 7 fully saturated rings. The minimum Gasteiger partial charge on any atom is -0.508 e. The molecule has 2 aromatic heterocycles. The van der Waals surface area contributed by atoms with Crippen molar-refractivity contribution in [1.29, 1.82) is 0 Å². The number of rotatable bonds is 12. The average molecular weight is 995 g/mol. The van der Waals surface area contributed by atoms with E-state index in [1.54, 1.807) is 23.2 Å². The minimum absolute atomic E-state index is 0.0407. The summed E-state index contributed by atoms with van der Waals surface area (Å²) < 4.78 is 40.4. The first-order valence-electron chi connectivity index (χ1n) is 26.7. The number of carbonyl (C=O) groups excluding carboxylic acids is 3. The molecule has 9 heterocycles. The molecule has 1 aliphatic carbocycles. The number of imide groups is 1. The predicted octanol–water partition coefficient (Wildman–Crippen LogP) is 6.52. The number of pyridine rings is 1. The number of phenols is 1. The number of anilines is 2. The van der Waals surface area contributed by atoms with Crippen LogP contribution in [0.4, 0.5) is 20.3 Å². The molecular weight excluding hydrogens is 931 g/mol. The summed E-state index contributed by atoms with van der Waals surface area (Å²) in [5.74, 6) is -0.748. The number of nitrogens with zero attached hydrogens (tertiary/aromatic N) is 8. The highest BCUT2D eigenvalue weighted by Crippen LogP contribution is 2.49. The molecule has 13 rings (SSSR count). The largest absolute Gasteiger partial charge is 0.508 e. The number of fused-ring (bicyclic) bond motifs is 5. The third-order valence-corrected chi connectivity index (χ3v) is 17.9. The van der Waals surface area contributed by atoms with Crippen molar-refractivity contribution in [2.24, 2.45) is 10.8 Å². The number of ether oxygens (including phenoxy) is 1. The van der Waals surface area contributed by atoms with Gasteiger partial charge in [-0.3, -0.25) is 29.6 Å². The van der Waals surface area contributed by atoms with Crippen LogP contribution < -0.4 is 25.2 Å². The van der Waals surface area contributed by atoms with Gasteiger partial charge < -0.3 is 34.8 Å². The van der Waals surface area contributed by atoms with Crippen LogP contribution >= 0.6 is 0 Å². The van der Waals surface area contributed by atoms with Gasteiger partial charge in [0.2, 0.25) is 11.8 Å². The van der Waals surface area contributed by atoms with Crippen molar-refractivity contribution in [3.63, 3.8) is 0 Å². The van der Waals surface area contributed by atoms with Gasteiger partial charge in [0.05, 0.1) is 12.0 Å². The number of hydrogen-bond donors (Lipinski definition) is 3. The highest BCUT2D eigenvalue weighted by atomic mass is 19.1. The number of likely N-dealkylation sites (tertiary alicyclic amines) is 2. The number of alkyl halides is 1. The molecule has 2 bridgehead atoms. The molecule has 7 aliphatic heterocycles. The van der Waals surface area contributed by atoms with E-state index in [2.05, 4.69) is 43.2 Å². The van der Waals surface area contributed by atoms with Gasteiger partial charge in [0.25, 0.3) is 5.91 Å². The lowest BCUT2D eigenvalue weighted by molar-refractivity contribution is -0.136. The van der Waals surface area contributed by atoms with Crippen LogP contribution in [0, 0.1) is 16.6 Å². The van der Waals surface area contributed by atoms with Gasteiger partial charge in [0, 0.05) is 119 Å². The molecule has 5 aromatic rings. The van der Waals surface area contributed by atoms with Crippen LogP contribution in [0.2, 0.25) is 0 Å². The number of piperidine rings is 3. The lowest BCUT2D eigenvalue weighted by Crippen LogP contribution is -2.63. The summed E-state index contributed by atoms with van der Waals surface area (Å²) in [7, 11) is 0. The van der Waals surface area contributed by atoms with E-state index < -0.39 is 23.4 Å². The first-order valence-corrected chi connectivity index (χ1v) is 26.7. The third kappa shape index (κ3) is 8.62. The summed E-state index contributed by atoms with van der Waals surface area (Å²) in [5, 5.41) is 19.1. The molecule has 3 atom stereocenters. The number of aromatic nitrogens is 3. The van der Waals surface area contributed by atoms with Gasteiger partial charge in [0.15, 0.2) is 5.82 Å². The first-order chi connectivity index (χ1) is 35.3. The number of halogens is 2. The number of carbonyl (C=O) groups is 3. The van der Waals surface area contributed by atoms with Crippen molar-refractivity contribution >= 4 is 50.9 Å². The molecule has 8 aliphatic rings. The molecule has 3 unspecified atom stereocenters. The Labute approximate surface area is 423 Å². The molecule has 3 amide bonds. The molecule has 15 nitrogen and oxygen atoms in total. The number of aryl methyl sites for hydroxylation is 1. The van der Waals surface area contributed by atoms with E-state index >= 15 is 8.78 Å². The van der Waals surface area contributed by atoms with Crippen molar-refractivity contribution in [2.45, 2.75) is 108 Å². The second kappa shape index (κ2) is 17.8. The van der Waals surface area contributed by atoms with Gasteiger partial charge in [-0.25, -0.2) is 8.78 Å². The van der Waals surface area contributed by atoms with E-state index in [4.69, 9.17) is 19.7 Å². The standard InChI is InChI=1S/C56H64F2N10O5/c1-2-34-4-3-5-35-23-40(69)24-42(46(34)35)48-47(57)49-43(25-59-48)50(67-27-37-6-7-38(28-67)60-37)63-53(62-49)73-33-55(12-13-55)31-64-18-16-56(58,17-19-64)32-65-29-54(30-65)14-20-66(21-15-54)39-8-9-41-36(22-39)26-68(52(41)72)44-10-11-45(70)61-51(44)71/h3-5,8-9,22-25,37-38,44,60,69H,2,6-7,10-21,26-33H2,1H3,(H,61,70,71). The Balaban J connectivity index is 0.629. The van der Waals surface area contributed by atoms with Gasteiger partial charge in [-0.1, -0.05) is 25.1 Å². The topological polar surface area (TPSA) is 160 Å². The van der Waals surface area contributed by atoms with E-state index in [1.165, 1.54) is 0 Å². The van der Waals surface area contributed by atoms with E-state index in [0.717, 1.165) is 118 Å². The van der Waals surface area contributed by atoms with Crippen LogP contribution in [0.3, 0.4) is 0 Å². The van der Waals surface area contributed by atoms with Crippen LogP contribution in [-0.2, 0) is 22.6 Å². The Hall–Kier alpha value is -6.04. The zero-order chi connectivity index (χ0) is 49.8. The SMILES string of the molecule is CCc1cccc2cc(O)cc(-c3ncc4c(N5CC6CCC(C5)N6)nc(OCC5(CN6CCC(F)(CN7CC8(CCN(c9ccc%10c(c9)CN(C9CCC(=O)NC9=O)C%10=O)CC8)C7)CC6)CC5)nc4c3F)c12. The van der Waals surface area contributed by atoms with Crippen molar-refractivity contribution < 1.29 is 33.0 Å². The fourth-order valence-corrected chi connectivity index (χ4v) is 13.7. The minimum atomic E-state index is -1.23. The smallest absolute Gasteiger partial charge is 0.319 e.